The van der Waals surface area contributed by atoms with E-state index >= 15 is 0 Å². The van der Waals surface area contributed by atoms with Gasteiger partial charge in [0.1, 0.15) is 5.75 Å². The highest BCUT2D eigenvalue weighted by molar-refractivity contribution is 5.93. The average Bonchev–Trinajstić information content (AvgIpc) is 2.47. The first-order valence-corrected chi connectivity index (χ1v) is 7.16. The number of primary amides is 1. The van der Waals surface area contributed by atoms with E-state index in [-0.39, 0.29) is 6.04 Å². The number of pyridine rings is 1. The molecule has 0 saturated carbocycles. The Morgan fingerprint density at radius 3 is 2.55 bits per heavy atom. The quantitative estimate of drug-likeness (QED) is 0.859. The largest absolute Gasteiger partial charge is 0.497 e. The summed E-state index contributed by atoms with van der Waals surface area (Å²) in [6.07, 6.45) is 0.617. The number of carbonyl (C=O) groups is 1. The molecular weight excluding hydrogens is 278 g/mol. The van der Waals surface area contributed by atoms with E-state index in [4.69, 9.17) is 10.5 Å². The lowest BCUT2D eigenvalue weighted by atomic mass is 10.1. The van der Waals surface area contributed by atoms with Gasteiger partial charge < -0.3 is 15.8 Å². The minimum atomic E-state index is -0.445. The van der Waals surface area contributed by atoms with Crippen LogP contribution in [0.2, 0.25) is 0 Å². The number of benzene rings is 1. The molecule has 0 saturated heterocycles. The summed E-state index contributed by atoms with van der Waals surface area (Å²) < 4.78 is 5.14. The smallest absolute Gasteiger partial charge is 0.250 e. The van der Waals surface area contributed by atoms with Crippen molar-refractivity contribution in [3.05, 3.63) is 53.3 Å². The molecule has 0 spiro atoms. The first-order valence-electron chi connectivity index (χ1n) is 7.16. The van der Waals surface area contributed by atoms with Crippen LogP contribution < -0.4 is 15.8 Å². The number of hydrogen-bond donors (Lipinski definition) is 2. The maximum absolute atomic E-state index is 11.5. The van der Waals surface area contributed by atoms with Crippen molar-refractivity contribution in [3.8, 4) is 5.75 Å². The summed E-state index contributed by atoms with van der Waals surface area (Å²) in [6.45, 7) is 3.94. The molecule has 3 N–H and O–H groups in total. The highest BCUT2D eigenvalue weighted by atomic mass is 16.5. The van der Waals surface area contributed by atoms with Gasteiger partial charge in [0, 0.05) is 23.8 Å². The number of anilines is 1. The van der Waals surface area contributed by atoms with Gasteiger partial charge in [0.25, 0.3) is 5.91 Å². The lowest BCUT2D eigenvalue weighted by molar-refractivity contribution is 0.0999. The van der Waals surface area contributed by atoms with Crippen LogP contribution in [0.5, 0.6) is 5.75 Å². The van der Waals surface area contributed by atoms with Gasteiger partial charge in [0.15, 0.2) is 0 Å². The molecule has 0 fully saturated rings. The predicted molar refractivity (Wildman–Crippen MR) is 87.3 cm³/mol. The lowest BCUT2D eigenvalue weighted by Gasteiger charge is -2.16. The van der Waals surface area contributed by atoms with Crippen molar-refractivity contribution in [3.63, 3.8) is 0 Å². The van der Waals surface area contributed by atoms with Crippen molar-refractivity contribution in [2.45, 2.75) is 26.3 Å². The fourth-order valence-corrected chi connectivity index (χ4v) is 2.30. The number of aromatic nitrogens is 1. The average molecular weight is 299 g/mol. The third-order valence-electron chi connectivity index (χ3n) is 3.38. The van der Waals surface area contributed by atoms with Crippen molar-refractivity contribution < 1.29 is 9.53 Å². The van der Waals surface area contributed by atoms with Crippen molar-refractivity contribution in [1.29, 1.82) is 0 Å². The number of carbonyl (C=O) groups excluding carboxylic acids is 1. The van der Waals surface area contributed by atoms with Gasteiger partial charge in [-0.25, -0.2) is 0 Å². The topological polar surface area (TPSA) is 77.2 Å². The van der Waals surface area contributed by atoms with Gasteiger partial charge in [-0.1, -0.05) is 0 Å². The Morgan fingerprint density at radius 2 is 1.95 bits per heavy atom. The molecule has 0 aliphatic carbocycles. The van der Waals surface area contributed by atoms with Crippen LogP contribution in [-0.4, -0.2) is 24.0 Å². The standard InChI is InChI=1S/C17H21N3O2/c1-11-4-9-15(17(18)21)16(20-11)10-12(2)19-13-5-7-14(22-3)8-6-13/h4-9,12,19H,10H2,1-3H3,(H2,18,21). The molecule has 0 aliphatic heterocycles. The van der Waals surface area contributed by atoms with Crippen molar-refractivity contribution in [2.24, 2.45) is 5.73 Å². The van der Waals surface area contributed by atoms with Crippen LogP contribution in [0.4, 0.5) is 5.69 Å². The predicted octanol–water partition coefficient (Wildman–Crippen LogP) is 2.54. The monoisotopic (exact) mass is 299 g/mol. The number of aryl methyl sites for hydroxylation is 1. The van der Waals surface area contributed by atoms with Crippen LogP contribution in [-0.2, 0) is 6.42 Å². The zero-order valence-electron chi connectivity index (χ0n) is 13.1. The molecular formula is C17H21N3O2. The van der Waals surface area contributed by atoms with E-state index in [0.717, 1.165) is 22.8 Å². The van der Waals surface area contributed by atoms with E-state index in [1.165, 1.54) is 0 Å². The number of ether oxygens (including phenoxy) is 1. The van der Waals surface area contributed by atoms with Gasteiger partial charge in [-0.3, -0.25) is 9.78 Å². The van der Waals surface area contributed by atoms with Gasteiger partial charge in [-0.15, -0.1) is 0 Å². The maximum atomic E-state index is 11.5. The van der Waals surface area contributed by atoms with Gasteiger partial charge in [-0.05, 0) is 50.2 Å². The van der Waals surface area contributed by atoms with Gasteiger partial charge in [-0.2, -0.15) is 0 Å². The molecule has 2 aromatic rings. The Bertz CT molecular complexity index is 653. The molecule has 22 heavy (non-hydrogen) atoms. The van der Waals surface area contributed by atoms with Gasteiger partial charge in [0.05, 0.1) is 18.4 Å². The van der Waals surface area contributed by atoms with E-state index in [2.05, 4.69) is 10.3 Å². The van der Waals surface area contributed by atoms with Crippen molar-refractivity contribution >= 4 is 11.6 Å². The van der Waals surface area contributed by atoms with Crippen molar-refractivity contribution in [1.82, 2.24) is 4.98 Å². The molecule has 5 nitrogen and oxygen atoms in total. The molecule has 116 valence electrons. The second-order valence-electron chi connectivity index (χ2n) is 5.29. The van der Waals surface area contributed by atoms with E-state index in [0.29, 0.717) is 12.0 Å². The number of amides is 1. The second kappa shape index (κ2) is 6.93. The fourth-order valence-electron chi connectivity index (χ4n) is 2.30. The molecule has 1 amide bonds. The summed E-state index contributed by atoms with van der Waals surface area (Å²) in [5.41, 5.74) is 8.47. The van der Waals surface area contributed by atoms with Crippen LogP contribution in [0, 0.1) is 6.92 Å². The molecule has 0 radical (unpaired) electrons. The molecule has 1 heterocycles. The summed E-state index contributed by atoms with van der Waals surface area (Å²) in [4.78, 5) is 15.9. The van der Waals surface area contributed by atoms with Gasteiger partial charge in [0.2, 0.25) is 0 Å². The van der Waals surface area contributed by atoms with E-state index in [9.17, 15) is 4.79 Å². The highest BCUT2D eigenvalue weighted by Gasteiger charge is 2.13. The Labute approximate surface area is 130 Å². The summed E-state index contributed by atoms with van der Waals surface area (Å²) in [6, 6.07) is 11.3. The van der Waals surface area contributed by atoms with Crippen LogP contribution in [0.25, 0.3) is 0 Å². The van der Waals surface area contributed by atoms with E-state index < -0.39 is 5.91 Å². The second-order valence-corrected chi connectivity index (χ2v) is 5.29. The highest BCUT2D eigenvalue weighted by Crippen LogP contribution is 2.17. The van der Waals surface area contributed by atoms with Crippen molar-refractivity contribution in [2.75, 3.05) is 12.4 Å². The third-order valence-corrected chi connectivity index (χ3v) is 3.38. The number of nitrogens with two attached hydrogens (primary N) is 1. The number of nitrogens with one attached hydrogen (secondary N) is 1. The molecule has 1 atom stereocenters. The molecule has 5 heteroatoms. The van der Waals surface area contributed by atoms with Crippen LogP contribution in [0.1, 0.15) is 28.7 Å². The molecule has 2 rings (SSSR count). The Hall–Kier alpha value is -2.56. The van der Waals surface area contributed by atoms with Crippen LogP contribution in [0.15, 0.2) is 36.4 Å². The molecule has 0 aliphatic rings. The van der Waals surface area contributed by atoms with Gasteiger partial charge >= 0.3 is 0 Å². The van der Waals surface area contributed by atoms with Crippen LogP contribution in [0.3, 0.4) is 0 Å². The number of hydrogen-bond acceptors (Lipinski definition) is 4. The SMILES string of the molecule is COc1ccc(NC(C)Cc2nc(C)ccc2C(N)=O)cc1. The van der Waals surface area contributed by atoms with Crippen LogP contribution >= 0.6 is 0 Å². The number of methoxy groups -OCH3 is 1. The summed E-state index contributed by atoms with van der Waals surface area (Å²) in [5, 5.41) is 3.38. The fraction of sp³-hybridized carbons (Fsp3) is 0.294. The number of rotatable bonds is 6. The zero-order chi connectivity index (χ0) is 16.1. The summed E-state index contributed by atoms with van der Waals surface area (Å²) in [7, 11) is 1.64. The van der Waals surface area contributed by atoms with E-state index in [1.54, 1.807) is 19.2 Å². The Kier molecular flexibility index (Phi) is 4.99. The maximum Gasteiger partial charge on any atom is 0.250 e. The van der Waals surface area contributed by atoms with E-state index in [1.807, 2.05) is 38.1 Å². The zero-order valence-corrected chi connectivity index (χ0v) is 13.1. The minimum absolute atomic E-state index is 0.112. The molecule has 1 aromatic carbocycles. The first-order chi connectivity index (χ1) is 10.5. The number of nitrogens with zero attached hydrogens (tertiary/aromatic N) is 1. The Balaban J connectivity index is 2.09. The molecule has 0 bridgehead atoms. The minimum Gasteiger partial charge on any atom is -0.497 e. The Morgan fingerprint density at radius 1 is 1.27 bits per heavy atom. The molecule has 1 unspecified atom stereocenters. The third kappa shape index (κ3) is 3.97. The molecule has 1 aromatic heterocycles. The normalized spacial score (nSPS) is 11.8. The lowest BCUT2D eigenvalue weighted by Crippen LogP contribution is -2.22. The first kappa shape index (κ1) is 15.8. The summed E-state index contributed by atoms with van der Waals surface area (Å²) in [5.74, 6) is 0.369. The summed E-state index contributed by atoms with van der Waals surface area (Å²) >= 11 is 0.